The maximum Gasteiger partial charge on any atom is 0.264 e. The highest BCUT2D eigenvalue weighted by Crippen LogP contribution is 2.11. The van der Waals surface area contributed by atoms with Gasteiger partial charge in [0.15, 0.2) is 0 Å². The van der Waals surface area contributed by atoms with Gasteiger partial charge in [0.1, 0.15) is 11.6 Å². The minimum atomic E-state index is -3.64. The average Bonchev–Trinajstić information content (AvgIpc) is 2.05. The van der Waals surface area contributed by atoms with Gasteiger partial charge in [0.2, 0.25) is 0 Å². The number of rotatable bonds is 3. The summed E-state index contributed by atoms with van der Waals surface area (Å²) in [5.74, 6) is -1.34. The smallest absolute Gasteiger partial charge is 0.264 e. The van der Waals surface area contributed by atoms with E-state index in [1.807, 2.05) is 0 Å². The van der Waals surface area contributed by atoms with Crippen LogP contribution < -0.4 is 0 Å². The summed E-state index contributed by atoms with van der Waals surface area (Å²) in [4.78, 5) is 0. The molecule has 0 fully saturated rings. The molecule has 0 unspecified atom stereocenters. The molecule has 1 aromatic rings. The van der Waals surface area contributed by atoms with Gasteiger partial charge in [0, 0.05) is 5.56 Å². The van der Waals surface area contributed by atoms with Gasteiger partial charge in [-0.2, -0.15) is 8.42 Å². The minimum absolute atomic E-state index is 0.129. The van der Waals surface area contributed by atoms with E-state index >= 15 is 0 Å². The Kier molecular flexibility index (Phi) is 3.17. The molecule has 0 aromatic heterocycles. The Morgan fingerprint density at radius 2 is 2.00 bits per heavy atom. The second-order valence-electron chi connectivity index (χ2n) is 2.70. The SMILES string of the molecule is CS(=O)(=O)OCc1cc(F)ccc1F. The normalized spacial score (nSPS) is 11.6. The predicted molar refractivity (Wildman–Crippen MR) is 46.0 cm³/mol. The lowest BCUT2D eigenvalue weighted by Gasteiger charge is -2.02. The molecule has 0 spiro atoms. The Balaban J connectivity index is 2.81. The zero-order chi connectivity index (χ0) is 10.8. The van der Waals surface area contributed by atoms with Crippen molar-refractivity contribution in [2.24, 2.45) is 0 Å². The average molecular weight is 222 g/mol. The molecule has 0 aliphatic carbocycles. The molecule has 0 saturated heterocycles. The number of halogens is 2. The van der Waals surface area contributed by atoms with E-state index in [4.69, 9.17) is 0 Å². The van der Waals surface area contributed by atoms with E-state index in [1.165, 1.54) is 0 Å². The molecule has 0 radical (unpaired) electrons. The summed E-state index contributed by atoms with van der Waals surface area (Å²) < 4.78 is 50.9. The van der Waals surface area contributed by atoms with Crippen LogP contribution in [-0.2, 0) is 20.9 Å². The Morgan fingerprint density at radius 3 is 2.57 bits per heavy atom. The van der Waals surface area contributed by atoms with E-state index in [-0.39, 0.29) is 5.56 Å². The quantitative estimate of drug-likeness (QED) is 0.727. The van der Waals surface area contributed by atoms with E-state index in [9.17, 15) is 17.2 Å². The number of benzene rings is 1. The molecule has 0 saturated carbocycles. The first kappa shape index (κ1) is 11.1. The fourth-order valence-corrected chi connectivity index (χ4v) is 1.17. The van der Waals surface area contributed by atoms with Crippen LogP contribution in [0.3, 0.4) is 0 Å². The van der Waals surface area contributed by atoms with Gasteiger partial charge in [-0.3, -0.25) is 4.18 Å². The Morgan fingerprint density at radius 1 is 1.36 bits per heavy atom. The molecule has 3 nitrogen and oxygen atoms in total. The van der Waals surface area contributed by atoms with Crippen molar-refractivity contribution in [2.45, 2.75) is 6.61 Å². The van der Waals surface area contributed by atoms with Gasteiger partial charge in [0.25, 0.3) is 10.1 Å². The van der Waals surface area contributed by atoms with Crippen LogP contribution in [0.2, 0.25) is 0 Å². The summed E-state index contributed by atoms with van der Waals surface area (Å²) >= 11 is 0. The topological polar surface area (TPSA) is 43.4 Å². The van der Waals surface area contributed by atoms with Gasteiger partial charge in [-0.25, -0.2) is 8.78 Å². The Labute approximate surface area is 80.4 Å². The molecule has 14 heavy (non-hydrogen) atoms. The van der Waals surface area contributed by atoms with E-state index in [0.29, 0.717) is 0 Å². The van der Waals surface area contributed by atoms with Crippen LogP contribution in [0.5, 0.6) is 0 Å². The Bertz CT molecular complexity index is 428. The summed E-state index contributed by atoms with van der Waals surface area (Å²) in [5, 5.41) is 0. The first-order chi connectivity index (χ1) is 6.38. The highest BCUT2D eigenvalue weighted by molar-refractivity contribution is 7.85. The summed E-state index contributed by atoms with van der Waals surface area (Å²) in [6.07, 6.45) is 0.838. The van der Waals surface area contributed by atoms with Crippen LogP contribution in [-0.4, -0.2) is 14.7 Å². The largest absolute Gasteiger partial charge is 0.265 e. The molecule has 0 bridgehead atoms. The Hall–Kier alpha value is -1.01. The van der Waals surface area contributed by atoms with Crippen molar-refractivity contribution in [3.05, 3.63) is 35.4 Å². The van der Waals surface area contributed by atoms with Gasteiger partial charge in [-0.05, 0) is 18.2 Å². The highest BCUT2D eigenvalue weighted by Gasteiger charge is 2.07. The molecule has 78 valence electrons. The van der Waals surface area contributed by atoms with E-state index in [1.54, 1.807) is 0 Å². The van der Waals surface area contributed by atoms with E-state index in [0.717, 1.165) is 24.5 Å². The molecule has 0 N–H and O–H groups in total. The molecular weight excluding hydrogens is 214 g/mol. The van der Waals surface area contributed by atoms with Crippen LogP contribution in [0.4, 0.5) is 8.78 Å². The standard InChI is InChI=1S/C8H8F2O3S/c1-14(11,12)13-5-6-4-7(9)2-3-8(6)10/h2-4H,5H2,1H3. The molecule has 0 heterocycles. The maximum absolute atomic E-state index is 12.9. The molecule has 1 rings (SSSR count). The van der Waals surface area contributed by atoms with Crippen LogP contribution in [0.1, 0.15) is 5.56 Å². The molecule has 1 aromatic carbocycles. The minimum Gasteiger partial charge on any atom is -0.265 e. The zero-order valence-corrected chi connectivity index (χ0v) is 8.14. The third kappa shape index (κ3) is 3.39. The maximum atomic E-state index is 12.9. The van der Waals surface area contributed by atoms with Crippen LogP contribution in [0, 0.1) is 11.6 Å². The van der Waals surface area contributed by atoms with Crippen molar-refractivity contribution in [1.29, 1.82) is 0 Å². The van der Waals surface area contributed by atoms with Crippen molar-refractivity contribution >= 4 is 10.1 Å². The first-order valence-electron chi connectivity index (χ1n) is 3.67. The first-order valence-corrected chi connectivity index (χ1v) is 5.48. The van der Waals surface area contributed by atoms with Crippen molar-refractivity contribution in [3.63, 3.8) is 0 Å². The van der Waals surface area contributed by atoms with Crippen LogP contribution >= 0.6 is 0 Å². The predicted octanol–water partition coefficient (Wildman–Crippen LogP) is 1.44. The summed E-state index contributed by atoms with van der Waals surface area (Å²) in [7, 11) is -3.64. The van der Waals surface area contributed by atoms with Gasteiger partial charge in [-0.1, -0.05) is 0 Å². The third-order valence-corrected chi connectivity index (χ3v) is 1.98. The van der Waals surface area contributed by atoms with E-state index in [2.05, 4.69) is 4.18 Å². The third-order valence-electron chi connectivity index (χ3n) is 1.44. The monoisotopic (exact) mass is 222 g/mol. The van der Waals surface area contributed by atoms with Crippen molar-refractivity contribution < 1.29 is 21.4 Å². The number of hydrogen-bond acceptors (Lipinski definition) is 3. The lowest BCUT2D eigenvalue weighted by atomic mass is 10.2. The summed E-state index contributed by atoms with van der Waals surface area (Å²) in [6, 6.07) is 2.75. The van der Waals surface area contributed by atoms with E-state index < -0.39 is 28.4 Å². The second kappa shape index (κ2) is 4.02. The molecular formula is C8H8F2O3S. The molecule has 0 aliphatic rings. The fourth-order valence-electron chi connectivity index (χ4n) is 0.824. The summed E-state index contributed by atoms with van der Waals surface area (Å²) in [5.41, 5.74) is -0.129. The van der Waals surface area contributed by atoms with Crippen molar-refractivity contribution in [3.8, 4) is 0 Å². The van der Waals surface area contributed by atoms with Gasteiger partial charge < -0.3 is 0 Å². The lowest BCUT2D eigenvalue weighted by Crippen LogP contribution is -2.04. The number of hydrogen-bond donors (Lipinski definition) is 0. The summed E-state index contributed by atoms with van der Waals surface area (Å²) in [6.45, 7) is -0.498. The van der Waals surface area contributed by atoms with Gasteiger partial charge in [0.05, 0.1) is 12.9 Å². The molecule has 6 heteroatoms. The second-order valence-corrected chi connectivity index (χ2v) is 4.35. The van der Waals surface area contributed by atoms with Crippen molar-refractivity contribution in [1.82, 2.24) is 0 Å². The molecule has 0 aliphatic heterocycles. The van der Waals surface area contributed by atoms with Gasteiger partial charge >= 0.3 is 0 Å². The molecule has 0 atom stereocenters. The zero-order valence-electron chi connectivity index (χ0n) is 7.33. The highest BCUT2D eigenvalue weighted by atomic mass is 32.2. The van der Waals surface area contributed by atoms with Crippen LogP contribution in [0.25, 0.3) is 0 Å². The van der Waals surface area contributed by atoms with Gasteiger partial charge in [-0.15, -0.1) is 0 Å². The molecule has 0 amide bonds. The lowest BCUT2D eigenvalue weighted by molar-refractivity contribution is 0.305. The van der Waals surface area contributed by atoms with Crippen LogP contribution in [0.15, 0.2) is 18.2 Å². The van der Waals surface area contributed by atoms with Crippen molar-refractivity contribution in [2.75, 3.05) is 6.26 Å². The fraction of sp³-hybridized carbons (Fsp3) is 0.250.